The van der Waals surface area contributed by atoms with Crippen LogP contribution >= 0.6 is 12.4 Å². The fraction of sp³-hybridized carbons (Fsp3) is 0.400. The first-order valence-corrected chi connectivity index (χ1v) is 2.44. The number of rotatable bonds is 1. The highest BCUT2D eigenvalue weighted by molar-refractivity contribution is 5.85. The van der Waals surface area contributed by atoms with Crippen LogP contribution in [0.15, 0.2) is 10.8 Å². The van der Waals surface area contributed by atoms with Gasteiger partial charge in [-0.05, 0) is 6.92 Å². The van der Waals surface area contributed by atoms with Gasteiger partial charge in [0.25, 0.3) is 0 Å². The van der Waals surface area contributed by atoms with E-state index in [1.807, 2.05) is 6.92 Å². The number of aryl methyl sites for hydroxylation is 1. The van der Waals surface area contributed by atoms with Crippen LogP contribution in [0.3, 0.4) is 0 Å². The predicted molar refractivity (Wildman–Crippen MR) is 36.4 cm³/mol. The van der Waals surface area contributed by atoms with Gasteiger partial charge in [0.2, 0.25) is 0 Å². The fourth-order valence-corrected chi connectivity index (χ4v) is 0.509. The smallest absolute Gasteiger partial charge is 0.128 e. The molecule has 0 aliphatic carbocycles. The van der Waals surface area contributed by atoms with Gasteiger partial charge in [-0.2, -0.15) is 0 Å². The summed E-state index contributed by atoms with van der Waals surface area (Å²) in [7, 11) is 0. The van der Waals surface area contributed by atoms with Crippen molar-refractivity contribution in [1.82, 2.24) is 5.16 Å². The molecule has 9 heavy (non-hydrogen) atoms. The van der Waals surface area contributed by atoms with E-state index < -0.39 is 0 Å². The molecule has 4 heteroatoms. The Morgan fingerprint density at radius 3 is 2.67 bits per heavy atom. The summed E-state index contributed by atoms with van der Waals surface area (Å²) in [6.07, 6.45) is 1.56. The molecule has 0 aliphatic heterocycles. The molecule has 52 valence electrons. The van der Waals surface area contributed by atoms with Crippen LogP contribution in [-0.2, 0) is 6.54 Å². The van der Waals surface area contributed by atoms with Crippen molar-refractivity contribution in [3.05, 3.63) is 17.5 Å². The largest absolute Gasteiger partial charge is 0.364 e. The van der Waals surface area contributed by atoms with Gasteiger partial charge in [0.05, 0.1) is 5.69 Å². The zero-order chi connectivity index (χ0) is 5.98. The highest BCUT2D eigenvalue weighted by atomic mass is 35.5. The molecule has 0 saturated heterocycles. The zero-order valence-electron chi connectivity index (χ0n) is 5.13. The Bertz CT molecular complexity index is 175. The third-order valence-corrected chi connectivity index (χ3v) is 1.07. The van der Waals surface area contributed by atoms with Gasteiger partial charge in [-0.3, -0.25) is 0 Å². The van der Waals surface area contributed by atoms with Crippen molar-refractivity contribution < 1.29 is 4.52 Å². The van der Waals surface area contributed by atoms with Crippen LogP contribution in [0.1, 0.15) is 11.3 Å². The van der Waals surface area contributed by atoms with Gasteiger partial charge in [0.15, 0.2) is 0 Å². The first-order chi connectivity index (χ1) is 3.84. The van der Waals surface area contributed by atoms with Gasteiger partial charge in [-0.15, -0.1) is 12.4 Å². The van der Waals surface area contributed by atoms with Crippen LogP contribution in [-0.4, -0.2) is 5.16 Å². The summed E-state index contributed by atoms with van der Waals surface area (Å²) < 4.78 is 4.61. The molecule has 0 unspecified atom stereocenters. The maximum absolute atomic E-state index is 5.30. The average molecular weight is 149 g/mol. The SMILES string of the molecule is Cc1nocc1CN.Cl. The topological polar surface area (TPSA) is 52.0 Å². The number of nitrogens with zero attached hydrogens (tertiary/aromatic N) is 1. The molecule has 0 spiro atoms. The number of halogens is 1. The van der Waals surface area contributed by atoms with E-state index >= 15 is 0 Å². The Balaban J connectivity index is 0.000000640. The summed E-state index contributed by atoms with van der Waals surface area (Å²) in [6, 6.07) is 0. The monoisotopic (exact) mass is 148 g/mol. The number of hydrogen-bond donors (Lipinski definition) is 1. The summed E-state index contributed by atoms with van der Waals surface area (Å²) in [6.45, 7) is 2.38. The van der Waals surface area contributed by atoms with E-state index in [0.717, 1.165) is 11.3 Å². The second-order valence-electron chi connectivity index (χ2n) is 1.63. The Labute approximate surface area is 59.6 Å². The molecule has 0 saturated carbocycles. The summed E-state index contributed by atoms with van der Waals surface area (Å²) in [4.78, 5) is 0. The summed E-state index contributed by atoms with van der Waals surface area (Å²) in [5.41, 5.74) is 7.15. The minimum atomic E-state index is 0. The third kappa shape index (κ3) is 1.69. The Morgan fingerprint density at radius 1 is 1.78 bits per heavy atom. The van der Waals surface area contributed by atoms with E-state index in [1.54, 1.807) is 6.26 Å². The molecule has 0 radical (unpaired) electrons. The van der Waals surface area contributed by atoms with Crippen LogP contribution < -0.4 is 5.73 Å². The highest BCUT2D eigenvalue weighted by Gasteiger charge is 1.96. The number of aromatic nitrogens is 1. The van der Waals surface area contributed by atoms with E-state index in [4.69, 9.17) is 5.73 Å². The van der Waals surface area contributed by atoms with Gasteiger partial charge >= 0.3 is 0 Å². The number of nitrogens with two attached hydrogens (primary N) is 1. The van der Waals surface area contributed by atoms with Crippen LogP contribution in [0.4, 0.5) is 0 Å². The second-order valence-corrected chi connectivity index (χ2v) is 1.63. The summed E-state index contributed by atoms with van der Waals surface area (Å²) in [5, 5.41) is 3.63. The van der Waals surface area contributed by atoms with Crippen molar-refractivity contribution in [3.8, 4) is 0 Å². The lowest BCUT2D eigenvalue weighted by Gasteiger charge is -1.83. The second kappa shape index (κ2) is 3.48. The lowest BCUT2D eigenvalue weighted by Crippen LogP contribution is -1.95. The molecule has 1 rings (SSSR count). The van der Waals surface area contributed by atoms with Crippen molar-refractivity contribution in [2.75, 3.05) is 0 Å². The minimum absolute atomic E-state index is 0. The summed E-state index contributed by atoms with van der Waals surface area (Å²) >= 11 is 0. The molecule has 1 aromatic rings. The Kier molecular flexibility index (Phi) is 3.27. The van der Waals surface area contributed by atoms with Gasteiger partial charge < -0.3 is 10.3 Å². The van der Waals surface area contributed by atoms with Gasteiger partial charge in [0, 0.05) is 12.1 Å². The van der Waals surface area contributed by atoms with Gasteiger partial charge in [-0.25, -0.2) is 0 Å². The van der Waals surface area contributed by atoms with Crippen LogP contribution in [0.25, 0.3) is 0 Å². The number of hydrogen-bond acceptors (Lipinski definition) is 3. The minimum Gasteiger partial charge on any atom is -0.364 e. The first-order valence-electron chi connectivity index (χ1n) is 2.44. The molecule has 2 N–H and O–H groups in total. The first kappa shape index (κ1) is 8.46. The zero-order valence-corrected chi connectivity index (χ0v) is 5.94. The quantitative estimate of drug-likeness (QED) is 0.643. The average Bonchev–Trinajstić information content (AvgIpc) is 2.14. The third-order valence-electron chi connectivity index (χ3n) is 1.07. The highest BCUT2D eigenvalue weighted by Crippen LogP contribution is 2.01. The molecule has 3 nitrogen and oxygen atoms in total. The van der Waals surface area contributed by atoms with Crippen molar-refractivity contribution in [2.24, 2.45) is 5.73 Å². The predicted octanol–water partition coefficient (Wildman–Crippen LogP) is 0.864. The fourth-order valence-electron chi connectivity index (χ4n) is 0.509. The Morgan fingerprint density at radius 2 is 2.44 bits per heavy atom. The normalized spacial score (nSPS) is 8.67. The lowest BCUT2D eigenvalue weighted by molar-refractivity contribution is 0.414. The lowest BCUT2D eigenvalue weighted by atomic mass is 10.3. The standard InChI is InChI=1S/C5H8N2O.ClH/c1-4-5(2-6)3-8-7-4;/h3H,2,6H2,1H3;1H. The molecular formula is C5H9ClN2O. The molecule has 0 amide bonds. The van der Waals surface area contributed by atoms with Crippen molar-refractivity contribution in [3.63, 3.8) is 0 Å². The Hall–Kier alpha value is -0.540. The van der Waals surface area contributed by atoms with Crippen molar-refractivity contribution in [1.29, 1.82) is 0 Å². The molecular weight excluding hydrogens is 140 g/mol. The molecule has 1 aromatic heterocycles. The maximum Gasteiger partial charge on any atom is 0.128 e. The van der Waals surface area contributed by atoms with E-state index in [9.17, 15) is 0 Å². The van der Waals surface area contributed by atoms with E-state index in [0.29, 0.717) is 6.54 Å². The van der Waals surface area contributed by atoms with Crippen LogP contribution in [0.2, 0.25) is 0 Å². The molecule has 1 heterocycles. The van der Waals surface area contributed by atoms with Crippen molar-refractivity contribution >= 4 is 12.4 Å². The maximum atomic E-state index is 5.30. The molecule has 0 aliphatic rings. The van der Waals surface area contributed by atoms with Gasteiger partial charge in [-0.1, -0.05) is 5.16 Å². The van der Waals surface area contributed by atoms with E-state index in [1.165, 1.54) is 0 Å². The van der Waals surface area contributed by atoms with E-state index in [2.05, 4.69) is 9.68 Å². The molecule has 0 fully saturated rings. The van der Waals surface area contributed by atoms with Gasteiger partial charge in [0.1, 0.15) is 6.26 Å². The molecule has 0 atom stereocenters. The van der Waals surface area contributed by atoms with E-state index in [-0.39, 0.29) is 12.4 Å². The summed E-state index contributed by atoms with van der Waals surface area (Å²) in [5.74, 6) is 0. The van der Waals surface area contributed by atoms with Crippen LogP contribution in [0.5, 0.6) is 0 Å². The van der Waals surface area contributed by atoms with Crippen molar-refractivity contribution in [2.45, 2.75) is 13.5 Å². The molecule has 0 bridgehead atoms. The molecule has 0 aromatic carbocycles. The van der Waals surface area contributed by atoms with Crippen LogP contribution in [0, 0.1) is 6.92 Å².